The molecule has 1 rings (SSSR count). The molecule has 5 heteroatoms. The summed E-state index contributed by atoms with van der Waals surface area (Å²) in [6, 6.07) is 4.08. The van der Waals surface area contributed by atoms with Crippen LogP contribution in [-0.4, -0.2) is 17.7 Å². The molecule has 0 aromatic heterocycles. The Labute approximate surface area is 130 Å². The summed E-state index contributed by atoms with van der Waals surface area (Å²) in [5.74, 6) is -0.0804. The molecular weight excluding hydrogens is 376 g/mol. The molecule has 0 bridgehead atoms. The van der Waals surface area contributed by atoms with Gasteiger partial charge in [0, 0.05) is 6.42 Å². The van der Waals surface area contributed by atoms with Crippen LogP contribution in [0, 0.1) is 0 Å². The van der Waals surface area contributed by atoms with E-state index in [0.717, 1.165) is 14.7 Å². The van der Waals surface area contributed by atoms with Crippen molar-refractivity contribution in [2.24, 2.45) is 0 Å². The fourth-order valence-electron chi connectivity index (χ4n) is 1.53. The van der Waals surface area contributed by atoms with Crippen molar-refractivity contribution in [3.63, 3.8) is 0 Å². The minimum Gasteiger partial charge on any atom is -0.491 e. The molecule has 1 aromatic rings. The van der Waals surface area contributed by atoms with Crippen molar-refractivity contribution in [2.45, 2.75) is 39.0 Å². The van der Waals surface area contributed by atoms with Crippen molar-refractivity contribution < 1.29 is 14.6 Å². The van der Waals surface area contributed by atoms with E-state index in [1.807, 2.05) is 12.1 Å². The molecule has 0 saturated heterocycles. The normalized spacial score (nSPS) is 11.4. The van der Waals surface area contributed by atoms with Crippen molar-refractivity contribution in [3.8, 4) is 5.75 Å². The minimum absolute atomic E-state index is 0.0624. The zero-order valence-corrected chi connectivity index (χ0v) is 14.5. The lowest BCUT2D eigenvalue weighted by Gasteiger charge is -2.21. The molecule has 0 amide bonds. The number of hydrogen-bond acceptors (Lipinski definition) is 2. The fraction of sp³-hybridized carbons (Fsp3) is 0.500. The van der Waals surface area contributed by atoms with Crippen LogP contribution >= 0.6 is 31.9 Å². The molecule has 0 unspecified atom stereocenters. The van der Waals surface area contributed by atoms with Gasteiger partial charge in [-0.2, -0.15) is 0 Å². The highest BCUT2D eigenvalue weighted by Crippen LogP contribution is 2.38. The first-order chi connectivity index (χ1) is 8.71. The summed E-state index contributed by atoms with van der Waals surface area (Å²) in [7, 11) is 0. The second kappa shape index (κ2) is 6.75. The Bertz CT molecular complexity index is 441. The van der Waals surface area contributed by atoms with Gasteiger partial charge < -0.3 is 9.84 Å². The molecule has 19 heavy (non-hydrogen) atoms. The zero-order chi connectivity index (χ0) is 14.6. The Morgan fingerprint density at radius 1 is 1.26 bits per heavy atom. The molecule has 0 aliphatic carbocycles. The molecule has 106 valence electrons. The van der Waals surface area contributed by atoms with E-state index in [0.29, 0.717) is 13.0 Å². The molecule has 0 aliphatic heterocycles. The molecule has 3 nitrogen and oxygen atoms in total. The van der Waals surface area contributed by atoms with Crippen molar-refractivity contribution in [1.82, 2.24) is 0 Å². The Balaban J connectivity index is 2.78. The largest absolute Gasteiger partial charge is 0.491 e. The summed E-state index contributed by atoms with van der Waals surface area (Å²) in [5, 5.41) is 8.57. The van der Waals surface area contributed by atoms with Gasteiger partial charge in [-0.25, -0.2) is 0 Å². The van der Waals surface area contributed by atoms with Gasteiger partial charge in [-0.3, -0.25) is 4.79 Å². The van der Waals surface area contributed by atoms with Gasteiger partial charge in [0.2, 0.25) is 0 Å². The second-order valence-corrected chi connectivity index (χ2v) is 7.07. The van der Waals surface area contributed by atoms with Crippen LogP contribution in [0.5, 0.6) is 5.75 Å². The topological polar surface area (TPSA) is 46.5 Å². The van der Waals surface area contributed by atoms with Gasteiger partial charge in [-0.1, -0.05) is 20.8 Å². The molecule has 1 aromatic carbocycles. The van der Waals surface area contributed by atoms with Gasteiger partial charge in [0.25, 0.3) is 0 Å². The number of hydrogen-bond donors (Lipinski definition) is 1. The van der Waals surface area contributed by atoms with Crippen molar-refractivity contribution in [1.29, 1.82) is 0 Å². The lowest BCUT2D eigenvalue weighted by Crippen LogP contribution is -2.11. The van der Waals surface area contributed by atoms with Crippen LogP contribution in [0.25, 0.3) is 0 Å². The Kier molecular flexibility index (Phi) is 5.86. The number of carboxylic acid groups (broad SMARTS) is 1. The van der Waals surface area contributed by atoms with Crippen LogP contribution in [-0.2, 0) is 10.2 Å². The van der Waals surface area contributed by atoms with Crippen LogP contribution in [0.3, 0.4) is 0 Å². The van der Waals surface area contributed by atoms with Gasteiger partial charge in [-0.05, 0) is 61.4 Å². The van der Waals surface area contributed by atoms with E-state index in [-0.39, 0.29) is 11.8 Å². The maximum absolute atomic E-state index is 10.4. The quantitative estimate of drug-likeness (QED) is 0.734. The first kappa shape index (κ1) is 16.5. The van der Waals surface area contributed by atoms with E-state index < -0.39 is 5.97 Å². The summed E-state index contributed by atoms with van der Waals surface area (Å²) in [6.07, 6.45) is 0.616. The number of carboxylic acids is 1. The highest BCUT2D eigenvalue weighted by Gasteiger charge is 2.18. The SMILES string of the molecule is CC(C)(C)c1cc(Br)c(OCCCC(=O)O)c(Br)c1. The van der Waals surface area contributed by atoms with E-state index in [1.165, 1.54) is 5.56 Å². The highest BCUT2D eigenvalue weighted by molar-refractivity contribution is 9.11. The van der Waals surface area contributed by atoms with E-state index in [2.05, 4.69) is 52.6 Å². The molecule has 0 heterocycles. The van der Waals surface area contributed by atoms with Crippen molar-refractivity contribution in [3.05, 3.63) is 26.6 Å². The summed E-state index contributed by atoms with van der Waals surface area (Å²) < 4.78 is 7.38. The number of rotatable bonds is 5. The molecular formula is C14H18Br2O3. The highest BCUT2D eigenvalue weighted by atomic mass is 79.9. The van der Waals surface area contributed by atoms with Crippen LogP contribution in [0.1, 0.15) is 39.2 Å². The number of carbonyl (C=O) groups is 1. The molecule has 0 fully saturated rings. The Morgan fingerprint density at radius 2 is 1.79 bits per heavy atom. The maximum Gasteiger partial charge on any atom is 0.303 e. The summed E-state index contributed by atoms with van der Waals surface area (Å²) in [6.45, 7) is 6.83. The second-order valence-electron chi connectivity index (χ2n) is 5.36. The molecule has 0 saturated carbocycles. The molecule has 0 atom stereocenters. The molecule has 1 N–H and O–H groups in total. The van der Waals surface area contributed by atoms with E-state index in [4.69, 9.17) is 9.84 Å². The molecule has 0 aliphatic rings. The Morgan fingerprint density at radius 3 is 2.21 bits per heavy atom. The van der Waals surface area contributed by atoms with Crippen LogP contribution in [0.15, 0.2) is 21.1 Å². The van der Waals surface area contributed by atoms with E-state index in [9.17, 15) is 4.79 Å². The zero-order valence-electron chi connectivity index (χ0n) is 11.3. The van der Waals surface area contributed by atoms with Gasteiger partial charge in [0.1, 0.15) is 5.75 Å². The average molecular weight is 394 g/mol. The predicted octanol–water partition coefficient (Wildman–Crippen LogP) is 4.75. The standard InChI is InChI=1S/C14H18Br2O3/c1-14(2,3)9-7-10(15)13(11(16)8-9)19-6-4-5-12(17)18/h7-8H,4-6H2,1-3H3,(H,17,18). The summed E-state index contributed by atoms with van der Waals surface area (Å²) in [5.41, 5.74) is 1.26. The monoisotopic (exact) mass is 392 g/mol. The van der Waals surface area contributed by atoms with Crippen molar-refractivity contribution >= 4 is 37.8 Å². The smallest absolute Gasteiger partial charge is 0.303 e. The predicted molar refractivity (Wildman–Crippen MR) is 82.9 cm³/mol. The Hall–Kier alpha value is -0.550. The van der Waals surface area contributed by atoms with Gasteiger partial charge in [0.05, 0.1) is 15.6 Å². The van der Waals surface area contributed by atoms with E-state index >= 15 is 0 Å². The van der Waals surface area contributed by atoms with Crippen LogP contribution in [0.4, 0.5) is 0 Å². The minimum atomic E-state index is -0.801. The number of benzene rings is 1. The number of ether oxygens (including phenoxy) is 1. The average Bonchev–Trinajstić information content (AvgIpc) is 2.25. The van der Waals surface area contributed by atoms with Crippen LogP contribution < -0.4 is 4.74 Å². The maximum atomic E-state index is 10.4. The fourth-order valence-corrected chi connectivity index (χ4v) is 2.94. The third-order valence-electron chi connectivity index (χ3n) is 2.65. The van der Waals surface area contributed by atoms with Gasteiger partial charge >= 0.3 is 5.97 Å². The summed E-state index contributed by atoms with van der Waals surface area (Å²) in [4.78, 5) is 10.4. The van der Waals surface area contributed by atoms with Gasteiger partial charge in [0.15, 0.2) is 0 Å². The first-order valence-electron chi connectivity index (χ1n) is 6.06. The summed E-state index contributed by atoms with van der Waals surface area (Å²) >= 11 is 7.00. The number of aliphatic carboxylic acids is 1. The lowest BCUT2D eigenvalue weighted by atomic mass is 9.87. The first-order valence-corrected chi connectivity index (χ1v) is 7.64. The molecule has 0 spiro atoms. The third kappa shape index (κ3) is 5.15. The lowest BCUT2D eigenvalue weighted by molar-refractivity contribution is -0.137. The van der Waals surface area contributed by atoms with Gasteiger partial charge in [-0.15, -0.1) is 0 Å². The van der Waals surface area contributed by atoms with Crippen LogP contribution in [0.2, 0.25) is 0 Å². The van der Waals surface area contributed by atoms with Crippen molar-refractivity contribution in [2.75, 3.05) is 6.61 Å². The van der Waals surface area contributed by atoms with E-state index in [1.54, 1.807) is 0 Å². The number of halogens is 2. The third-order valence-corrected chi connectivity index (χ3v) is 3.82. The molecule has 0 radical (unpaired) electrons.